The van der Waals surface area contributed by atoms with Gasteiger partial charge in [-0.15, -0.1) is 0 Å². The normalized spacial score (nSPS) is 19.4. The summed E-state index contributed by atoms with van der Waals surface area (Å²) in [5.74, 6) is 0.600. The summed E-state index contributed by atoms with van der Waals surface area (Å²) < 4.78 is 6.04. The molecule has 2 aromatic carbocycles. The predicted molar refractivity (Wildman–Crippen MR) is 117 cm³/mol. The zero-order chi connectivity index (χ0) is 20.9. The van der Waals surface area contributed by atoms with Gasteiger partial charge in [0.25, 0.3) is 5.91 Å². The number of carbonyl (C=O) groups is 2. The van der Waals surface area contributed by atoms with E-state index < -0.39 is 6.10 Å². The first-order valence-electron chi connectivity index (χ1n) is 10.8. The van der Waals surface area contributed by atoms with Crippen LogP contribution in [-0.4, -0.2) is 49.0 Å². The molecule has 0 saturated carbocycles. The lowest BCUT2D eigenvalue weighted by molar-refractivity contribution is -0.139. The predicted octanol–water partition coefficient (Wildman–Crippen LogP) is 3.14. The fourth-order valence-electron chi connectivity index (χ4n) is 4.19. The molecule has 158 valence electrons. The fourth-order valence-corrected chi connectivity index (χ4v) is 4.19. The second-order valence-corrected chi connectivity index (χ2v) is 8.04. The Hall–Kier alpha value is -3.02. The molecule has 1 saturated heterocycles. The van der Waals surface area contributed by atoms with Gasteiger partial charge in [-0.1, -0.05) is 42.5 Å². The van der Waals surface area contributed by atoms with Gasteiger partial charge in [0.2, 0.25) is 5.91 Å². The number of nitrogens with one attached hydrogen (secondary N) is 1. The van der Waals surface area contributed by atoms with Crippen LogP contribution in [0.5, 0.6) is 5.75 Å². The van der Waals surface area contributed by atoms with Crippen molar-refractivity contribution in [2.24, 2.45) is 0 Å². The van der Waals surface area contributed by atoms with Gasteiger partial charge in [0, 0.05) is 13.1 Å². The number of nitrogens with zero attached hydrogens (tertiary/aromatic N) is 2. The molecule has 6 heteroatoms. The summed E-state index contributed by atoms with van der Waals surface area (Å²) in [7, 11) is 0. The number of anilines is 1. The van der Waals surface area contributed by atoms with Crippen LogP contribution in [0, 0.1) is 0 Å². The van der Waals surface area contributed by atoms with Crippen molar-refractivity contribution in [1.29, 1.82) is 0 Å². The molecule has 2 aromatic rings. The average Bonchev–Trinajstić information content (AvgIpc) is 2.79. The van der Waals surface area contributed by atoms with Gasteiger partial charge in [0.1, 0.15) is 5.75 Å². The highest BCUT2D eigenvalue weighted by Crippen LogP contribution is 2.33. The molecular weight excluding hydrogens is 378 g/mol. The van der Waals surface area contributed by atoms with Crippen LogP contribution in [0.2, 0.25) is 0 Å². The molecular formula is C24H29N3O3. The molecule has 0 aromatic heterocycles. The number of likely N-dealkylation sites (tertiary alicyclic amines) is 1. The van der Waals surface area contributed by atoms with Crippen molar-refractivity contribution in [3.05, 3.63) is 60.2 Å². The Morgan fingerprint density at radius 3 is 2.50 bits per heavy atom. The van der Waals surface area contributed by atoms with Crippen LogP contribution < -0.4 is 15.0 Å². The molecule has 2 amide bonds. The summed E-state index contributed by atoms with van der Waals surface area (Å²) in [6, 6.07) is 17.4. The third kappa shape index (κ3) is 4.58. The molecule has 2 aliphatic heterocycles. The lowest BCUT2D eigenvalue weighted by Gasteiger charge is -2.38. The molecule has 2 aliphatic rings. The number of piperidine rings is 1. The molecule has 0 bridgehead atoms. The van der Waals surface area contributed by atoms with Gasteiger partial charge in [-0.3, -0.25) is 9.59 Å². The van der Waals surface area contributed by atoms with Gasteiger partial charge < -0.3 is 19.9 Å². The Labute approximate surface area is 177 Å². The van der Waals surface area contributed by atoms with Gasteiger partial charge >= 0.3 is 0 Å². The molecule has 1 fully saturated rings. The lowest BCUT2D eigenvalue weighted by atomic mass is 10.1. The van der Waals surface area contributed by atoms with Crippen molar-refractivity contribution in [2.75, 3.05) is 31.1 Å². The van der Waals surface area contributed by atoms with Crippen molar-refractivity contribution in [1.82, 2.24) is 10.2 Å². The number of carbonyl (C=O) groups excluding carboxylic acids is 2. The monoisotopic (exact) mass is 407 g/mol. The maximum Gasteiger partial charge on any atom is 0.265 e. The zero-order valence-electron chi connectivity index (χ0n) is 17.4. The largest absolute Gasteiger partial charge is 0.477 e. The molecule has 0 radical (unpaired) electrons. The molecule has 0 spiro atoms. The number of rotatable bonds is 5. The Morgan fingerprint density at radius 2 is 1.73 bits per heavy atom. The van der Waals surface area contributed by atoms with Gasteiger partial charge in [-0.05, 0) is 43.9 Å². The smallest absolute Gasteiger partial charge is 0.265 e. The van der Waals surface area contributed by atoms with Crippen molar-refractivity contribution in [3.63, 3.8) is 0 Å². The second-order valence-electron chi connectivity index (χ2n) is 8.04. The van der Waals surface area contributed by atoms with Gasteiger partial charge in [0.05, 0.1) is 24.8 Å². The SMILES string of the molecule is C[C@@H](NC(=O)CN1C[C@H](C(=O)N2CCCCC2)Oc2ccccc21)c1ccccc1. The molecule has 1 N–H and O–H groups in total. The number of benzene rings is 2. The topological polar surface area (TPSA) is 61.9 Å². The van der Waals surface area contributed by atoms with E-state index in [9.17, 15) is 9.59 Å². The summed E-state index contributed by atoms with van der Waals surface area (Å²) in [6.07, 6.45) is 2.67. The van der Waals surface area contributed by atoms with Crippen LogP contribution >= 0.6 is 0 Å². The number of amides is 2. The Bertz CT molecular complexity index is 880. The number of fused-ring (bicyclic) bond motifs is 1. The van der Waals surface area contributed by atoms with E-state index in [1.165, 1.54) is 6.42 Å². The van der Waals surface area contributed by atoms with Crippen LogP contribution in [0.25, 0.3) is 0 Å². The van der Waals surface area contributed by atoms with E-state index in [4.69, 9.17) is 4.74 Å². The maximum absolute atomic E-state index is 13.0. The van der Waals surface area contributed by atoms with E-state index in [0.29, 0.717) is 12.3 Å². The average molecular weight is 408 g/mol. The van der Waals surface area contributed by atoms with Crippen LogP contribution in [0.3, 0.4) is 0 Å². The third-order valence-corrected chi connectivity index (χ3v) is 5.82. The summed E-state index contributed by atoms with van der Waals surface area (Å²) in [5.41, 5.74) is 1.91. The van der Waals surface area contributed by atoms with Crippen molar-refractivity contribution < 1.29 is 14.3 Å². The summed E-state index contributed by atoms with van der Waals surface area (Å²) >= 11 is 0. The molecule has 6 nitrogen and oxygen atoms in total. The highest BCUT2D eigenvalue weighted by Gasteiger charge is 2.34. The number of para-hydroxylation sites is 2. The van der Waals surface area contributed by atoms with Gasteiger partial charge in [-0.25, -0.2) is 0 Å². The number of ether oxygens (including phenoxy) is 1. The summed E-state index contributed by atoms with van der Waals surface area (Å²) in [5, 5.41) is 3.06. The van der Waals surface area contributed by atoms with Crippen LogP contribution in [0.4, 0.5) is 5.69 Å². The van der Waals surface area contributed by atoms with Gasteiger partial charge in [-0.2, -0.15) is 0 Å². The molecule has 30 heavy (non-hydrogen) atoms. The minimum atomic E-state index is -0.586. The van der Waals surface area contributed by atoms with Crippen LogP contribution in [0.15, 0.2) is 54.6 Å². The van der Waals surface area contributed by atoms with E-state index in [1.807, 2.05) is 71.3 Å². The number of hydrogen-bond acceptors (Lipinski definition) is 4. The molecule has 0 aliphatic carbocycles. The van der Waals surface area contributed by atoms with Crippen molar-refractivity contribution in [3.8, 4) is 5.75 Å². The quantitative estimate of drug-likeness (QED) is 0.827. The highest BCUT2D eigenvalue weighted by atomic mass is 16.5. The van der Waals surface area contributed by atoms with E-state index >= 15 is 0 Å². The van der Waals surface area contributed by atoms with Crippen LogP contribution in [-0.2, 0) is 9.59 Å². The summed E-state index contributed by atoms with van der Waals surface area (Å²) in [6.45, 7) is 4.11. The van der Waals surface area contributed by atoms with E-state index in [1.54, 1.807) is 0 Å². The fraction of sp³-hybridized carbons (Fsp3) is 0.417. The first-order valence-corrected chi connectivity index (χ1v) is 10.8. The number of hydrogen-bond donors (Lipinski definition) is 1. The standard InChI is InChI=1S/C24H29N3O3/c1-18(19-10-4-2-5-11-19)25-23(28)17-27-16-22(24(29)26-14-8-3-9-15-26)30-21-13-7-6-12-20(21)27/h2,4-7,10-13,18,22H,3,8-9,14-17H2,1H3,(H,25,28)/t18-,22-/m1/s1. The third-order valence-electron chi connectivity index (χ3n) is 5.82. The van der Waals surface area contributed by atoms with Gasteiger partial charge in [0.15, 0.2) is 6.10 Å². The Morgan fingerprint density at radius 1 is 1.03 bits per heavy atom. The van der Waals surface area contributed by atoms with E-state index in [2.05, 4.69) is 5.32 Å². The second kappa shape index (κ2) is 9.20. The highest BCUT2D eigenvalue weighted by molar-refractivity contribution is 5.86. The Balaban J connectivity index is 1.45. The molecule has 0 unspecified atom stereocenters. The Kier molecular flexibility index (Phi) is 6.21. The minimum Gasteiger partial charge on any atom is -0.477 e. The maximum atomic E-state index is 13.0. The minimum absolute atomic E-state index is 0.0206. The van der Waals surface area contributed by atoms with Crippen molar-refractivity contribution >= 4 is 17.5 Å². The van der Waals surface area contributed by atoms with Crippen molar-refractivity contribution in [2.45, 2.75) is 38.3 Å². The molecule has 4 rings (SSSR count). The first kappa shape index (κ1) is 20.3. The molecule has 2 atom stereocenters. The lowest BCUT2D eigenvalue weighted by Crippen LogP contribution is -2.53. The molecule has 2 heterocycles. The zero-order valence-corrected chi connectivity index (χ0v) is 17.4. The van der Waals surface area contributed by atoms with E-state index in [-0.39, 0.29) is 24.4 Å². The van der Waals surface area contributed by atoms with E-state index in [0.717, 1.165) is 37.2 Å². The first-order chi connectivity index (χ1) is 14.6. The van der Waals surface area contributed by atoms with Crippen LogP contribution in [0.1, 0.15) is 37.8 Å². The summed E-state index contributed by atoms with van der Waals surface area (Å²) in [4.78, 5) is 29.7.